The Hall–Kier alpha value is -1.47. The molecule has 0 spiro atoms. The van der Waals surface area contributed by atoms with E-state index in [-0.39, 0.29) is 10.9 Å². The number of hydrazone groups is 1. The van der Waals surface area contributed by atoms with Crippen LogP contribution in [0.15, 0.2) is 34.3 Å². The van der Waals surface area contributed by atoms with E-state index in [1.54, 1.807) is 31.2 Å². The Labute approximate surface area is 118 Å². The first-order valence-electron chi connectivity index (χ1n) is 5.69. The van der Waals surface area contributed by atoms with Crippen molar-refractivity contribution in [3.05, 3.63) is 29.8 Å². The topological polar surface area (TPSA) is 84.5 Å². The van der Waals surface area contributed by atoms with Gasteiger partial charge in [-0.2, -0.15) is 5.10 Å². The highest BCUT2D eigenvalue weighted by molar-refractivity contribution is 7.91. The second-order valence-electron chi connectivity index (χ2n) is 4.21. The Morgan fingerprint density at radius 3 is 2.47 bits per heavy atom. The van der Waals surface area contributed by atoms with Crippen LogP contribution in [0.1, 0.15) is 18.9 Å². The van der Waals surface area contributed by atoms with Crippen molar-refractivity contribution < 1.29 is 8.42 Å². The van der Waals surface area contributed by atoms with Crippen LogP contribution in [0.5, 0.6) is 0 Å². The van der Waals surface area contributed by atoms with E-state index < -0.39 is 9.84 Å². The van der Waals surface area contributed by atoms with Gasteiger partial charge in [-0.05, 0) is 38.2 Å². The van der Waals surface area contributed by atoms with Crippen molar-refractivity contribution in [2.24, 2.45) is 10.8 Å². The van der Waals surface area contributed by atoms with Crippen LogP contribution in [0.2, 0.25) is 0 Å². The molecule has 0 aliphatic rings. The number of sulfone groups is 1. The van der Waals surface area contributed by atoms with Crippen molar-refractivity contribution in [2.45, 2.75) is 25.2 Å². The SMILES string of the molecule is C/C(CCS(=O)(=O)c1ccc(C)cc1)=N/NC(N)=S. The smallest absolute Gasteiger partial charge is 0.184 e. The molecule has 7 heteroatoms. The average Bonchev–Trinajstić information content (AvgIpc) is 2.34. The molecule has 0 bridgehead atoms. The summed E-state index contributed by atoms with van der Waals surface area (Å²) in [6.45, 7) is 3.63. The lowest BCUT2D eigenvalue weighted by Crippen LogP contribution is -2.25. The van der Waals surface area contributed by atoms with Gasteiger partial charge in [0.25, 0.3) is 0 Å². The summed E-state index contributed by atoms with van der Waals surface area (Å²) in [4.78, 5) is 0.327. The molecule has 0 aromatic heterocycles. The van der Waals surface area contributed by atoms with Gasteiger partial charge in [-0.1, -0.05) is 17.7 Å². The Morgan fingerprint density at radius 1 is 1.37 bits per heavy atom. The first-order chi connectivity index (χ1) is 8.81. The Balaban J connectivity index is 2.68. The quantitative estimate of drug-likeness (QED) is 0.487. The zero-order valence-corrected chi connectivity index (χ0v) is 12.5. The normalized spacial score (nSPS) is 12.2. The van der Waals surface area contributed by atoms with Gasteiger partial charge in [-0.25, -0.2) is 8.42 Å². The van der Waals surface area contributed by atoms with Crippen LogP contribution in [0.4, 0.5) is 0 Å². The van der Waals surface area contributed by atoms with Gasteiger partial charge in [0.05, 0.1) is 10.6 Å². The molecule has 0 amide bonds. The maximum atomic E-state index is 12.1. The molecule has 3 N–H and O–H groups in total. The number of aryl methyl sites for hydroxylation is 1. The van der Waals surface area contributed by atoms with Crippen LogP contribution in [0.25, 0.3) is 0 Å². The summed E-state index contributed by atoms with van der Waals surface area (Å²) >= 11 is 4.60. The standard InChI is InChI=1S/C12H17N3O2S2/c1-9-3-5-11(6-4-9)19(16,17)8-7-10(2)14-15-12(13)18/h3-6H,7-8H2,1-2H3,(H3,13,15,18)/b14-10-. The van der Waals surface area contributed by atoms with Crippen molar-refractivity contribution in [3.8, 4) is 0 Å². The number of nitrogens with two attached hydrogens (primary N) is 1. The molecule has 0 heterocycles. The number of thiocarbonyl (C=S) groups is 1. The Morgan fingerprint density at radius 2 is 1.95 bits per heavy atom. The fourth-order valence-electron chi connectivity index (χ4n) is 1.35. The van der Waals surface area contributed by atoms with E-state index in [0.717, 1.165) is 5.56 Å². The van der Waals surface area contributed by atoms with Crippen LogP contribution in [-0.4, -0.2) is 25.0 Å². The minimum atomic E-state index is -3.28. The molecule has 19 heavy (non-hydrogen) atoms. The number of nitrogens with one attached hydrogen (secondary N) is 1. The minimum Gasteiger partial charge on any atom is -0.375 e. The molecule has 0 aliphatic heterocycles. The molecule has 0 unspecified atom stereocenters. The average molecular weight is 299 g/mol. The van der Waals surface area contributed by atoms with Gasteiger partial charge in [0.1, 0.15) is 0 Å². The molecule has 0 atom stereocenters. The van der Waals surface area contributed by atoms with Crippen LogP contribution < -0.4 is 11.2 Å². The monoisotopic (exact) mass is 299 g/mol. The van der Waals surface area contributed by atoms with Gasteiger partial charge in [0.2, 0.25) is 0 Å². The van der Waals surface area contributed by atoms with E-state index in [1.165, 1.54) is 0 Å². The second kappa shape index (κ2) is 6.63. The zero-order valence-electron chi connectivity index (χ0n) is 10.9. The first-order valence-corrected chi connectivity index (χ1v) is 7.75. The largest absolute Gasteiger partial charge is 0.375 e. The predicted molar refractivity (Wildman–Crippen MR) is 80.9 cm³/mol. The van der Waals surface area contributed by atoms with Gasteiger partial charge >= 0.3 is 0 Å². The molecule has 0 fully saturated rings. The predicted octanol–water partition coefficient (Wildman–Crippen LogP) is 1.37. The second-order valence-corrected chi connectivity index (χ2v) is 6.75. The van der Waals surface area contributed by atoms with Gasteiger partial charge in [-0.15, -0.1) is 0 Å². The van der Waals surface area contributed by atoms with Crippen molar-refractivity contribution in [3.63, 3.8) is 0 Å². The summed E-state index contributed by atoms with van der Waals surface area (Å²) in [6, 6.07) is 6.79. The summed E-state index contributed by atoms with van der Waals surface area (Å²) in [5.74, 6) is 0.00437. The summed E-state index contributed by atoms with van der Waals surface area (Å²) in [7, 11) is -3.28. The van der Waals surface area contributed by atoms with Crippen molar-refractivity contribution in [1.82, 2.24) is 5.43 Å². The number of benzene rings is 1. The van der Waals surface area contributed by atoms with Crippen molar-refractivity contribution >= 4 is 32.9 Å². The van der Waals surface area contributed by atoms with Gasteiger partial charge < -0.3 is 5.73 Å². The lowest BCUT2D eigenvalue weighted by molar-refractivity contribution is 0.596. The summed E-state index contributed by atoms with van der Waals surface area (Å²) < 4.78 is 24.1. The number of hydrogen-bond donors (Lipinski definition) is 2. The van der Waals surface area contributed by atoms with Crippen molar-refractivity contribution in [1.29, 1.82) is 0 Å². The lowest BCUT2D eigenvalue weighted by atomic mass is 10.2. The Bertz CT molecular complexity index is 577. The summed E-state index contributed by atoms with van der Waals surface area (Å²) in [5.41, 5.74) is 9.31. The molecule has 0 radical (unpaired) electrons. The van der Waals surface area contributed by atoms with E-state index in [9.17, 15) is 8.42 Å². The lowest BCUT2D eigenvalue weighted by Gasteiger charge is -2.05. The highest BCUT2D eigenvalue weighted by Gasteiger charge is 2.14. The Kier molecular flexibility index (Phi) is 5.44. The maximum Gasteiger partial charge on any atom is 0.184 e. The first kappa shape index (κ1) is 15.6. The van der Waals surface area contributed by atoms with E-state index >= 15 is 0 Å². The fraction of sp³-hybridized carbons (Fsp3) is 0.333. The summed E-state index contributed by atoms with van der Waals surface area (Å²) in [5, 5.41) is 3.93. The molecule has 104 valence electrons. The van der Waals surface area contributed by atoms with E-state index in [4.69, 9.17) is 5.73 Å². The van der Waals surface area contributed by atoms with Gasteiger partial charge in [0.15, 0.2) is 14.9 Å². The molecule has 0 saturated carbocycles. The number of hydrogen-bond acceptors (Lipinski definition) is 4. The molecule has 5 nitrogen and oxygen atoms in total. The molecule has 1 rings (SSSR count). The van der Waals surface area contributed by atoms with Gasteiger partial charge in [0, 0.05) is 12.1 Å². The van der Waals surface area contributed by atoms with Crippen molar-refractivity contribution in [2.75, 3.05) is 5.75 Å². The third-order valence-electron chi connectivity index (χ3n) is 2.47. The molecule has 0 aliphatic carbocycles. The van der Waals surface area contributed by atoms with Crippen LogP contribution >= 0.6 is 12.2 Å². The van der Waals surface area contributed by atoms with E-state index in [1.807, 2.05) is 6.92 Å². The molecule has 0 saturated heterocycles. The maximum absolute atomic E-state index is 12.1. The molecule has 1 aromatic rings. The third kappa shape index (κ3) is 5.35. The fourth-order valence-corrected chi connectivity index (χ4v) is 2.75. The highest BCUT2D eigenvalue weighted by Crippen LogP contribution is 2.13. The minimum absolute atomic E-state index is 0.00437. The van der Waals surface area contributed by atoms with Gasteiger partial charge in [-0.3, -0.25) is 5.43 Å². The third-order valence-corrected chi connectivity index (χ3v) is 4.29. The van der Waals surface area contributed by atoms with Crippen LogP contribution in [-0.2, 0) is 9.84 Å². The summed E-state index contributed by atoms with van der Waals surface area (Å²) in [6.07, 6.45) is 0.325. The molecule has 1 aromatic carbocycles. The number of rotatable bonds is 5. The van der Waals surface area contributed by atoms with Crippen LogP contribution in [0, 0.1) is 6.92 Å². The number of nitrogens with zero attached hydrogens (tertiary/aromatic N) is 1. The highest BCUT2D eigenvalue weighted by atomic mass is 32.2. The van der Waals surface area contributed by atoms with E-state index in [2.05, 4.69) is 22.7 Å². The molecular weight excluding hydrogens is 282 g/mol. The zero-order chi connectivity index (χ0) is 14.5. The van der Waals surface area contributed by atoms with E-state index in [0.29, 0.717) is 17.0 Å². The van der Waals surface area contributed by atoms with Crippen LogP contribution in [0.3, 0.4) is 0 Å². The molecular formula is C12H17N3O2S2.